The largest absolute Gasteiger partial charge is 0.444 e. The van der Waals surface area contributed by atoms with E-state index in [0.717, 1.165) is 67.6 Å². The first kappa shape index (κ1) is 34.4. The zero-order valence-electron chi connectivity index (χ0n) is 31.0. The average Bonchev–Trinajstić information content (AvgIpc) is 3.93. The molecule has 0 radical (unpaired) electrons. The molecular weight excluding hydrogens is 659 g/mol. The van der Waals surface area contributed by atoms with E-state index in [-0.39, 0.29) is 30.1 Å². The Morgan fingerprint density at radius 1 is 0.712 bits per heavy atom. The van der Waals surface area contributed by atoms with Gasteiger partial charge in [0, 0.05) is 29.8 Å². The van der Waals surface area contributed by atoms with E-state index in [4.69, 9.17) is 14.5 Å². The number of hydrogen-bond acceptors (Lipinski definition) is 6. The lowest BCUT2D eigenvalue weighted by Gasteiger charge is -2.27. The van der Waals surface area contributed by atoms with Gasteiger partial charge in [-0.15, -0.1) is 0 Å². The van der Waals surface area contributed by atoms with Crippen molar-refractivity contribution in [2.24, 2.45) is 0 Å². The summed E-state index contributed by atoms with van der Waals surface area (Å²) in [7, 11) is 0. The quantitative estimate of drug-likeness (QED) is 0.213. The summed E-state index contributed by atoms with van der Waals surface area (Å²) in [6.45, 7) is 12.5. The third-order valence-corrected chi connectivity index (χ3v) is 11.0. The van der Waals surface area contributed by atoms with E-state index in [2.05, 4.69) is 27.1 Å². The number of ether oxygens (including phenoxy) is 2. The number of nitrogens with zero attached hydrogens (tertiary/aromatic N) is 4. The Labute approximate surface area is 304 Å². The molecule has 2 aliphatic heterocycles. The minimum absolute atomic E-state index is 0.159. The Morgan fingerprint density at radius 3 is 1.77 bits per heavy atom. The summed E-state index contributed by atoms with van der Waals surface area (Å²) in [5.74, 6) is 1.99. The fourth-order valence-corrected chi connectivity index (χ4v) is 8.87. The Bertz CT molecular complexity index is 2020. The molecule has 2 N–H and O–H groups in total. The number of carbonyl (C=O) groups excluding carboxylic acids is 2. The highest BCUT2D eigenvalue weighted by atomic mass is 19.1. The molecule has 3 unspecified atom stereocenters. The van der Waals surface area contributed by atoms with Crippen LogP contribution in [0.25, 0.3) is 33.6 Å². The molecule has 2 aromatic heterocycles. The summed E-state index contributed by atoms with van der Waals surface area (Å²) in [5.41, 5.74) is 6.40. The second-order valence-corrected chi connectivity index (χ2v) is 16.9. The highest BCUT2D eigenvalue weighted by Crippen LogP contribution is 2.58. The van der Waals surface area contributed by atoms with Crippen LogP contribution in [-0.4, -0.2) is 66.2 Å². The predicted molar refractivity (Wildman–Crippen MR) is 196 cm³/mol. The van der Waals surface area contributed by atoms with Crippen molar-refractivity contribution in [3.63, 3.8) is 0 Å². The number of likely N-dealkylation sites (tertiary alicyclic amines) is 2. The zero-order valence-corrected chi connectivity index (χ0v) is 31.0. The topological polar surface area (TPSA) is 116 Å². The van der Waals surface area contributed by atoms with E-state index in [1.165, 1.54) is 11.1 Å². The molecule has 2 saturated heterocycles. The number of H-pyrrole nitrogens is 2. The van der Waals surface area contributed by atoms with Crippen LogP contribution in [0.1, 0.15) is 133 Å². The van der Waals surface area contributed by atoms with Crippen molar-refractivity contribution < 1.29 is 23.5 Å². The van der Waals surface area contributed by atoms with E-state index in [1.54, 1.807) is 22.1 Å². The number of aromatic nitrogens is 4. The van der Waals surface area contributed by atoms with Crippen molar-refractivity contribution >= 4 is 12.2 Å². The SMILES string of the molecule is CC(C)(C)OC(=O)N1CCCC1c1ncc(-c2ccc(-c3ccc(-c4cnc([C@@H]5CCCN5C(=O)OC(C)(C)C)[nH]4)c4c3C3CCC4C3)c(F)c2)[nH]1. The van der Waals surface area contributed by atoms with E-state index in [1.807, 2.05) is 59.9 Å². The van der Waals surface area contributed by atoms with Gasteiger partial charge in [-0.05, 0) is 121 Å². The van der Waals surface area contributed by atoms with Crippen LogP contribution in [-0.2, 0) is 9.47 Å². The number of amides is 2. The van der Waals surface area contributed by atoms with Gasteiger partial charge in [0.05, 0.1) is 35.9 Å². The van der Waals surface area contributed by atoms with Crippen LogP contribution in [0.15, 0.2) is 42.7 Å². The lowest BCUT2D eigenvalue weighted by molar-refractivity contribution is 0.0208. The molecule has 2 amide bonds. The van der Waals surface area contributed by atoms with Gasteiger partial charge in [-0.2, -0.15) is 0 Å². The summed E-state index contributed by atoms with van der Waals surface area (Å²) < 4.78 is 27.5. The highest BCUT2D eigenvalue weighted by Gasteiger charge is 2.42. The van der Waals surface area contributed by atoms with E-state index in [0.29, 0.717) is 47.6 Å². The molecule has 2 aliphatic carbocycles. The molecule has 1 saturated carbocycles. The number of imidazole rings is 2. The first-order valence-electron chi connectivity index (χ1n) is 18.8. The van der Waals surface area contributed by atoms with Crippen molar-refractivity contribution in [3.8, 4) is 33.6 Å². The second kappa shape index (κ2) is 12.8. The number of benzene rings is 2. The Hall–Kier alpha value is -4.67. The molecule has 52 heavy (non-hydrogen) atoms. The normalized spacial score (nSPS) is 22.7. The molecule has 274 valence electrons. The molecule has 2 bridgehead atoms. The summed E-state index contributed by atoms with van der Waals surface area (Å²) in [5, 5.41) is 0. The van der Waals surface area contributed by atoms with E-state index in [9.17, 15) is 9.59 Å². The lowest BCUT2D eigenvalue weighted by Crippen LogP contribution is -2.36. The summed E-state index contributed by atoms with van der Waals surface area (Å²) in [6, 6.07) is 9.22. The van der Waals surface area contributed by atoms with Gasteiger partial charge in [0.25, 0.3) is 0 Å². The maximum absolute atomic E-state index is 16.2. The smallest absolute Gasteiger partial charge is 0.410 e. The van der Waals surface area contributed by atoms with Gasteiger partial charge in [0.1, 0.15) is 28.7 Å². The molecular formula is C41H49FN6O4. The van der Waals surface area contributed by atoms with Crippen LogP contribution in [0.3, 0.4) is 0 Å². The van der Waals surface area contributed by atoms with Crippen molar-refractivity contribution in [2.75, 3.05) is 13.1 Å². The van der Waals surface area contributed by atoms with Gasteiger partial charge >= 0.3 is 12.2 Å². The van der Waals surface area contributed by atoms with Crippen LogP contribution in [0.5, 0.6) is 0 Å². The van der Waals surface area contributed by atoms with E-state index >= 15 is 4.39 Å². The van der Waals surface area contributed by atoms with Crippen molar-refractivity contribution in [2.45, 2.75) is 122 Å². The number of halogens is 1. The number of fused-ring (bicyclic) bond motifs is 5. The van der Waals surface area contributed by atoms with Gasteiger partial charge in [-0.1, -0.05) is 24.3 Å². The molecule has 8 rings (SSSR count). The first-order chi connectivity index (χ1) is 24.7. The number of aromatic amines is 2. The fraction of sp³-hybridized carbons (Fsp3) is 0.512. The van der Waals surface area contributed by atoms with Crippen LogP contribution in [0, 0.1) is 5.82 Å². The Kier molecular flexibility index (Phi) is 8.45. The highest BCUT2D eigenvalue weighted by molar-refractivity contribution is 5.80. The number of hydrogen-bond donors (Lipinski definition) is 2. The van der Waals surface area contributed by atoms with Crippen LogP contribution < -0.4 is 0 Å². The molecule has 0 spiro atoms. The van der Waals surface area contributed by atoms with Gasteiger partial charge in [-0.3, -0.25) is 9.80 Å². The summed E-state index contributed by atoms with van der Waals surface area (Å²) in [6.07, 6.45) is 9.63. The van der Waals surface area contributed by atoms with Crippen molar-refractivity contribution in [1.29, 1.82) is 0 Å². The van der Waals surface area contributed by atoms with Gasteiger partial charge in [-0.25, -0.2) is 23.9 Å². The van der Waals surface area contributed by atoms with Crippen LogP contribution in [0.4, 0.5) is 14.0 Å². The number of carbonyl (C=O) groups is 2. The fourth-order valence-electron chi connectivity index (χ4n) is 8.87. The van der Waals surface area contributed by atoms with E-state index < -0.39 is 11.2 Å². The van der Waals surface area contributed by atoms with Gasteiger partial charge in [0.2, 0.25) is 0 Å². The predicted octanol–water partition coefficient (Wildman–Crippen LogP) is 9.78. The summed E-state index contributed by atoms with van der Waals surface area (Å²) in [4.78, 5) is 45.7. The Balaban J connectivity index is 1.06. The summed E-state index contributed by atoms with van der Waals surface area (Å²) >= 11 is 0. The minimum atomic E-state index is -0.581. The third kappa shape index (κ3) is 6.36. The molecule has 11 heteroatoms. The van der Waals surface area contributed by atoms with Crippen LogP contribution >= 0.6 is 0 Å². The standard InChI is InChI=1S/C41H49FN6O4/c1-40(2,3)51-38(49)47-17-7-9-32(47)36-43-21-30(45-36)23-13-14-26(29(42)20-23)27-15-16-28(35-25-12-11-24(19-25)34(27)35)31-22-44-37(46-31)33-10-8-18-48(33)39(50)52-41(4,5)6/h13-16,20-22,24-25,32-33H,7-12,17-19H2,1-6H3,(H,43,45)(H,44,46)/t24?,25?,32?,33-/m0/s1. The molecule has 3 fully saturated rings. The Morgan fingerprint density at radius 2 is 1.21 bits per heavy atom. The van der Waals surface area contributed by atoms with Gasteiger partial charge in [0.15, 0.2) is 0 Å². The first-order valence-corrected chi connectivity index (χ1v) is 18.8. The number of nitrogens with one attached hydrogen (secondary N) is 2. The minimum Gasteiger partial charge on any atom is -0.444 e. The molecule has 2 aromatic carbocycles. The third-order valence-electron chi connectivity index (χ3n) is 11.0. The average molecular weight is 709 g/mol. The molecule has 4 aliphatic rings. The molecule has 10 nitrogen and oxygen atoms in total. The zero-order chi connectivity index (χ0) is 36.5. The molecule has 4 heterocycles. The van der Waals surface area contributed by atoms with Crippen molar-refractivity contribution in [3.05, 3.63) is 71.3 Å². The molecule has 4 aromatic rings. The lowest BCUT2D eigenvalue weighted by atomic mass is 9.82. The van der Waals surface area contributed by atoms with Crippen LogP contribution in [0.2, 0.25) is 0 Å². The second-order valence-electron chi connectivity index (χ2n) is 16.9. The van der Waals surface area contributed by atoms with Gasteiger partial charge < -0.3 is 19.4 Å². The molecule has 4 atom stereocenters. The maximum atomic E-state index is 16.2. The maximum Gasteiger partial charge on any atom is 0.410 e. The number of rotatable bonds is 5. The monoisotopic (exact) mass is 708 g/mol. The van der Waals surface area contributed by atoms with Crippen molar-refractivity contribution in [1.82, 2.24) is 29.7 Å².